The van der Waals surface area contributed by atoms with E-state index in [2.05, 4.69) is 5.43 Å². The van der Waals surface area contributed by atoms with Gasteiger partial charge in [0.2, 0.25) is 0 Å². The standard InChI is InChI=1S/C14H20Cl2N2O/c1-19-14(6-2-3-7-14)13(18-17)9-10-4-5-11(15)12(16)8-10/h4-5,8,13,18H,2-3,6-7,9,17H2,1H3. The predicted molar refractivity (Wildman–Crippen MR) is 79.5 cm³/mol. The van der Waals surface area contributed by atoms with Crippen molar-refractivity contribution in [2.45, 2.75) is 43.7 Å². The van der Waals surface area contributed by atoms with Crippen LogP contribution in [0.1, 0.15) is 31.2 Å². The Labute approximate surface area is 124 Å². The number of ether oxygens (including phenoxy) is 1. The number of hydrogen-bond donors (Lipinski definition) is 2. The van der Waals surface area contributed by atoms with Crippen molar-refractivity contribution < 1.29 is 4.74 Å². The van der Waals surface area contributed by atoms with E-state index in [1.165, 1.54) is 12.8 Å². The summed E-state index contributed by atoms with van der Waals surface area (Å²) >= 11 is 12.0. The number of methoxy groups -OCH3 is 1. The number of nitrogens with one attached hydrogen (secondary N) is 1. The third kappa shape index (κ3) is 3.23. The molecule has 1 aromatic carbocycles. The van der Waals surface area contributed by atoms with E-state index < -0.39 is 0 Å². The van der Waals surface area contributed by atoms with Gasteiger partial charge in [0.1, 0.15) is 0 Å². The molecule has 1 unspecified atom stereocenters. The van der Waals surface area contributed by atoms with Crippen molar-refractivity contribution in [3.63, 3.8) is 0 Å². The van der Waals surface area contributed by atoms with Crippen molar-refractivity contribution in [2.75, 3.05) is 7.11 Å². The minimum absolute atomic E-state index is 0.0808. The number of nitrogens with two attached hydrogens (primary N) is 1. The molecule has 0 saturated heterocycles. The molecule has 1 atom stereocenters. The van der Waals surface area contributed by atoms with Crippen LogP contribution in [0, 0.1) is 0 Å². The van der Waals surface area contributed by atoms with Crippen LogP contribution in [0.5, 0.6) is 0 Å². The molecule has 1 fully saturated rings. The molecule has 2 rings (SSSR count). The molecule has 1 aromatic rings. The maximum absolute atomic E-state index is 6.05. The molecule has 0 heterocycles. The van der Waals surface area contributed by atoms with E-state index in [1.807, 2.05) is 18.2 Å². The molecule has 3 nitrogen and oxygen atoms in total. The van der Waals surface area contributed by atoms with Gasteiger partial charge in [-0.05, 0) is 37.0 Å². The number of hydrogen-bond acceptors (Lipinski definition) is 3. The van der Waals surface area contributed by atoms with Crippen molar-refractivity contribution in [1.29, 1.82) is 0 Å². The topological polar surface area (TPSA) is 47.3 Å². The number of rotatable bonds is 5. The molecule has 106 valence electrons. The van der Waals surface area contributed by atoms with Gasteiger partial charge in [0.15, 0.2) is 0 Å². The summed E-state index contributed by atoms with van der Waals surface area (Å²) in [5, 5.41) is 1.15. The highest BCUT2D eigenvalue weighted by Gasteiger charge is 2.41. The first-order valence-corrected chi connectivity index (χ1v) is 7.32. The number of hydrazine groups is 1. The quantitative estimate of drug-likeness (QED) is 0.648. The third-order valence-electron chi connectivity index (χ3n) is 4.12. The van der Waals surface area contributed by atoms with E-state index in [9.17, 15) is 0 Å². The molecule has 0 amide bonds. The summed E-state index contributed by atoms with van der Waals surface area (Å²) in [5.41, 5.74) is 3.86. The van der Waals surface area contributed by atoms with E-state index in [0.717, 1.165) is 24.8 Å². The second-order valence-electron chi connectivity index (χ2n) is 5.15. The van der Waals surface area contributed by atoms with E-state index in [0.29, 0.717) is 10.0 Å². The van der Waals surface area contributed by atoms with Crippen LogP contribution in [-0.4, -0.2) is 18.8 Å². The monoisotopic (exact) mass is 302 g/mol. The summed E-state index contributed by atoms with van der Waals surface area (Å²) in [5.74, 6) is 5.74. The lowest BCUT2D eigenvalue weighted by Gasteiger charge is -2.36. The van der Waals surface area contributed by atoms with Gasteiger partial charge in [-0.15, -0.1) is 0 Å². The molecule has 1 aliphatic carbocycles. The van der Waals surface area contributed by atoms with Crippen molar-refractivity contribution in [3.05, 3.63) is 33.8 Å². The molecular weight excluding hydrogens is 283 g/mol. The van der Waals surface area contributed by atoms with Crippen LogP contribution in [0.4, 0.5) is 0 Å². The lowest BCUT2D eigenvalue weighted by atomic mass is 9.88. The SMILES string of the molecule is COC1(C(Cc2ccc(Cl)c(Cl)c2)NN)CCCC1. The van der Waals surface area contributed by atoms with E-state index in [1.54, 1.807) is 7.11 Å². The predicted octanol–water partition coefficient (Wildman–Crippen LogP) is 3.33. The van der Waals surface area contributed by atoms with Crippen LogP contribution in [-0.2, 0) is 11.2 Å². The largest absolute Gasteiger partial charge is 0.377 e. The molecule has 19 heavy (non-hydrogen) atoms. The van der Waals surface area contributed by atoms with Crippen LogP contribution >= 0.6 is 23.2 Å². The molecule has 0 aromatic heterocycles. The Morgan fingerprint density at radius 2 is 2.00 bits per heavy atom. The molecule has 0 spiro atoms. The Hall–Kier alpha value is -0.320. The van der Waals surface area contributed by atoms with Crippen LogP contribution in [0.15, 0.2) is 18.2 Å². The van der Waals surface area contributed by atoms with E-state index in [-0.39, 0.29) is 11.6 Å². The molecular formula is C14H20Cl2N2O. The fraction of sp³-hybridized carbons (Fsp3) is 0.571. The third-order valence-corrected chi connectivity index (χ3v) is 4.86. The van der Waals surface area contributed by atoms with Gasteiger partial charge in [0.05, 0.1) is 21.7 Å². The van der Waals surface area contributed by atoms with Crippen molar-refractivity contribution in [2.24, 2.45) is 5.84 Å². The molecule has 1 aliphatic rings. The number of benzene rings is 1. The van der Waals surface area contributed by atoms with Gasteiger partial charge < -0.3 is 4.74 Å². The molecule has 1 saturated carbocycles. The maximum Gasteiger partial charge on any atom is 0.0847 e. The van der Waals surface area contributed by atoms with Gasteiger partial charge in [-0.1, -0.05) is 42.1 Å². The van der Waals surface area contributed by atoms with Gasteiger partial charge >= 0.3 is 0 Å². The highest BCUT2D eigenvalue weighted by atomic mass is 35.5. The summed E-state index contributed by atoms with van der Waals surface area (Å²) < 4.78 is 5.78. The summed E-state index contributed by atoms with van der Waals surface area (Å²) in [4.78, 5) is 0. The Morgan fingerprint density at radius 3 is 2.53 bits per heavy atom. The smallest absolute Gasteiger partial charge is 0.0847 e. The second kappa shape index (κ2) is 6.42. The van der Waals surface area contributed by atoms with Gasteiger partial charge in [-0.2, -0.15) is 0 Å². The highest BCUT2D eigenvalue weighted by Crippen LogP contribution is 2.37. The Bertz CT molecular complexity index is 433. The summed E-state index contributed by atoms with van der Waals surface area (Å²) in [6.07, 6.45) is 5.24. The van der Waals surface area contributed by atoms with E-state index in [4.69, 9.17) is 33.8 Å². The highest BCUT2D eigenvalue weighted by molar-refractivity contribution is 6.42. The van der Waals surface area contributed by atoms with Crippen LogP contribution in [0.25, 0.3) is 0 Å². The Balaban J connectivity index is 2.16. The van der Waals surface area contributed by atoms with Crippen molar-refractivity contribution in [1.82, 2.24) is 5.43 Å². The molecule has 5 heteroatoms. The number of halogens is 2. The molecule has 3 N–H and O–H groups in total. The average Bonchev–Trinajstić information content (AvgIpc) is 2.90. The minimum atomic E-state index is -0.166. The summed E-state index contributed by atoms with van der Waals surface area (Å²) in [7, 11) is 1.77. The lowest BCUT2D eigenvalue weighted by molar-refractivity contribution is -0.0355. The van der Waals surface area contributed by atoms with Gasteiger partial charge in [0, 0.05) is 7.11 Å². The van der Waals surface area contributed by atoms with Crippen molar-refractivity contribution in [3.8, 4) is 0 Å². The minimum Gasteiger partial charge on any atom is -0.377 e. The van der Waals surface area contributed by atoms with Gasteiger partial charge in [-0.25, -0.2) is 0 Å². The Morgan fingerprint density at radius 1 is 1.32 bits per heavy atom. The van der Waals surface area contributed by atoms with Gasteiger partial charge in [0.25, 0.3) is 0 Å². The van der Waals surface area contributed by atoms with Gasteiger partial charge in [-0.3, -0.25) is 11.3 Å². The maximum atomic E-state index is 6.05. The zero-order valence-corrected chi connectivity index (χ0v) is 12.6. The molecule has 0 radical (unpaired) electrons. The second-order valence-corrected chi connectivity index (χ2v) is 5.96. The normalized spacial score (nSPS) is 19.6. The first kappa shape index (κ1) is 15.1. The first-order chi connectivity index (χ1) is 9.11. The molecule has 0 bridgehead atoms. The van der Waals surface area contributed by atoms with Crippen LogP contribution in [0.3, 0.4) is 0 Å². The lowest BCUT2D eigenvalue weighted by Crippen LogP contribution is -2.54. The summed E-state index contributed by atoms with van der Waals surface area (Å²) in [6.45, 7) is 0. The fourth-order valence-electron chi connectivity index (χ4n) is 2.97. The fourth-order valence-corrected chi connectivity index (χ4v) is 3.29. The van der Waals surface area contributed by atoms with E-state index >= 15 is 0 Å². The van der Waals surface area contributed by atoms with Crippen LogP contribution in [0.2, 0.25) is 10.0 Å². The average molecular weight is 303 g/mol. The Kier molecular flexibility index (Phi) is 5.09. The zero-order valence-electron chi connectivity index (χ0n) is 11.1. The zero-order chi connectivity index (χ0) is 13.9. The van der Waals surface area contributed by atoms with Crippen molar-refractivity contribution >= 4 is 23.2 Å². The molecule has 0 aliphatic heterocycles. The van der Waals surface area contributed by atoms with Crippen LogP contribution < -0.4 is 11.3 Å². The first-order valence-electron chi connectivity index (χ1n) is 6.56. The summed E-state index contributed by atoms with van der Waals surface area (Å²) in [6, 6.07) is 5.78.